The number of amides is 1. The lowest BCUT2D eigenvalue weighted by atomic mass is 9.78. The number of benzene rings is 1. The topological polar surface area (TPSA) is 79.2 Å². The molecule has 0 spiro atoms. The van der Waals surface area contributed by atoms with Crippen LogP contribution in [0.4, 0.5) is 0 Å². The van der Waals surface area contributed by atoms with Gasteiger partial charge in [-0.25, -0.2) is 0 Å². The van der Waals surface area contributed by atoms with Crippen LogP contribution in [0.15, 0.2) is 34.9 Å². The van der Waals surface area contributed by atoms with Gasteiger partial charge in [-0.3, -0.25) is 9.59 Å². The minimum absolute atomic E-state index is 0.338. The van der Waals surface area contributed by atoms with Gasteiger partial charge in [0.05, 0.1) is 23.8 Å². The lowest BCUT2D eigenvalue weighted by molar-refractivity contribution is -0.150. The Balaban J connectivity index is 2.62. The van der Waals surface area contributed by atoms with E-state index in [9.17, 15) is 14.9 Å². The van der Waals surface area contributed by atoms with E-state index in [1.165, 1.54) is 18.9 Å². The molecule has 0 bridgehead atoms. The molecule has 114 valence electrons. The summed E-state index contributed by atoms with van der Waals surface area (Å²) in [6, 6.07) is 8.83. The number of carbonyl (C=O) groups excluding carboxylic acids is 2. The number of esters is 1. The summed E-state index contributed by atoms with van der Waals surface area (Å²) in [6.45, 7) is 0. The molecule has 22 heavy (non-hydrogen) atoms. The van der Waals surface area contributed by atoms with E-state index in [0.29, 0.717) is 21.2 Å². The quantitative estimate of drug-likeness (QED) is 0.677. The van der Waals surface area contributed by atoms with Gasteiger partial charge < -0.3 is 10.1 Å². The standard InChI is InChI=1S/C15H13ClN2O3S/c1-21-15(20)12-11(8-3-5-9(16)6-4-8)10(7-17)14(22-2)18-13(12)19/h3-6,11-12H,1-2H3,(H,18,19)/t11?,12-/m1/s1. The van der Waals surface area contributed by atoms with Crippen LogP contribution in [0.5, 0.6) is 0 Å². The highest BCUT2D eigenvalue weighted by Gasteiger charge is 2.44. The highest BCUT2D eigenvalue weighted by atomic mass is 35.5. The maximum absolute atomic E-state index is 12.3. The summed E-state index contributed by atoms with van der Waals surface area (Å²) in [5.41, 5.74) is 1.00. The van der Waals surface area contributed by atoms with Crippen LogP contribution in [0, 0.1) is 17.2 Å². The van der Waals surface area contributed by atoms with E-state index in [2.05, 4.69) is 11.4 Å². The van der Waals surface area contributed by atoms with Crippen molar-refractivity contribution in [1.82, 2.24) is 5.32 Å². The number of hydrogen-bond acceptors (Lipinski definition) is 5. The summed E-state index contributed by atoms with van der Waals surface area (Å²) in [4.78, 5) is 24.3. The van der Waals surface area contributed by atoms with Gasteiger partial charge >= 0.3 is 5.97 Å². The number of nitrogens with one attached hydrogen (secondary N) is 1. The predicted molar refractivity (Wildman–Crippen MR) is 84.0 cm³/mol. The Hall–Kier alpha value is -1.97. The maximum Gasteiger partial charge on any atom is 0.319 e. The number of nitriles is 1. The molecule has 1 unspecified atom stereocenters. The van der Waals surface area contributed by atoms with Gasteiger partial charge in [-0.05, 0) is 24.0 Å². The molecule has 1 N–H and O–H groups in total. The average Bonchev–Trinajstić information content (AvgIpc) is 2.53. The number of carbonyl (C=O) groups is 2. The fraction of sp³-hybridized carbons (Fsp3) is 0.267. The number of hydrogen-bond donors (Lipinski definition) is 1. The Bertz CT molecular complexity index is 679. The summed E-state index contributed by atoms with van der Waals surface area (Å²) in [6.07, 6.45) is 1.75. The fourth-order valence-electron chi connectivity index (χ4n) is 2.40. The van der Waals surface area contributed by atoms with Gasteiger partial charge in [0.1, 0.15) is 5.92 Å². The van der Waals surface area contributed by atoms with Gasteiger partial charge in [-0.15, -0.1) is 11.8 Å². The zero-order valence-electron chi connectivity index (χ0n) is 11.9. The first-order valence-corrected chi connectivity index (χ1v) is 7.96. The molecule has 1 aromatic rings. The SMILES string of the molecule is COC(=O)[C@H]1C(=O)NC(SC)=C(C#N)C1c1ccc(Cl)cc1. The summed E-state index contributed by atoms with van der Waals surface area (Å²) in [5.74, 6) is -2.94. The molecule has 0 radical (unpaired) electrons. The fourth-order valence-corrected chi connectivity index (χ4v) is 3.12. The summed E-state index contributed by atoms with van der Waals surface area (Å²) in [5, 5.41) is 13.1. The van der Waals surface area contributed by atoms with Crippen LogP contribution >= 0.6 is 23.4 Å². The third kappa shape index (κ3) is 2.96. The molecule has 2 atom stereocenters. The average molecular weight is 337 g/mol. The van der Waals surface area contributed by atoms with Crippen molar-refractivity contribution in [3.05, 3.63) is 45.5 Å². The number of methoxy groups -OCH3 is 1. The first-order valence-electron chi connectivity index (χ1n) is 6.35. The Labute approximate surface area is 137 Å². The van der Waals surface area contributed by atoms with E-state index >= 15 is 0 Å². The maximum atomic E-state index is 12.3. The first kappa shape index (κ1) is 16.4. The summed E-state index contributed by atoms with van der Waals surface area (Å²) >= 11 is 7.13. The number of thioether (sulfide) groups is 1. The highest BCUT2D eigenvalue weighted by Crippen LogP contribution is 2.39. The zero-order chi connectivity index (χ0) is 16.3. The molecule has 2 rings (SSSR count). The van der Waals surface area contributed by atoms with Gasteiger partial charge in [0.15, 0.2) is 0 Å². The molecule has 1 aliphatic heterocycles. The lowest BCUT2D eigenvalue weighted by Gasteiger charge is -2.30. The van der Waals surface area contributed by atoms with Crippen molar-refractivity contribution >= 4 is 35.2 Å². The normalized spacial score (nSPS) is 21.1. The minimum atomic E-state index is -1.10. The lowest BCUT2D eigenvalue weighted by Crippen LogP contribution is -2.44. The van der Waals surface area contributed by atoms with Crippen LogP contribution in [0.3, 0.4) is 0 Å². The zero-order valence-corrected chi connectivity index (χ0v) is 13.5. The van der Waals surface area contributed by atoms with Crippen molar-refractivity contribution in [3.8, 4) is 6.07 Å². The highest BCUT2D eigenvalue weighted by molar-refractivity contribution is 8.02. The van der Waals surface area contributed by atoms with Gasteiger partial charge in [-0.2, -0.15) is 5.26 Å². The Morgan fingerprint density at radius 3 is 2.55 bits per heavy atom. The molecule has 1 amide bonds. The molecule has 1 aliphatic rings. The molecule has 1 aromatic carbocycles. The van der Waals surface area contributed by atoms with E-state index in [-0.39, 0.29) is 0 Å². The molecule has 7 heteroatoms. The summed E-state index contributed by atoms with van der Waals surface area (Å²) < 4.78 is 4.73. The number of nitrogens with zero attached hydrogens (tertiary/aromatic N) is 1. The van der Waals surface area contributed by atoms with Crippen LogP contribution in [0.2, 0.25) is 5.02 Å². The molecule has 5 nitrogen and oxygen atoms in total. The number of allylic oxidation sites excluding steroid dienone is 1. The largest absolute Gasteiger partial charge is 0.468 e. The Morgan fingerprint density at radius 1 is 1.41 bits per heavy atom. The minimum Gasteiger partial charge on any atom is -0.468 e. The molecular formula is C15H13ClN2O3S. The second kappa shape index (κ2) is 6.86. The van der Waals surface area contributed by atoms with E-state index in [4.69, 9.17) is 16.3 Å². The first-order chi connectivity index (χ1) is 10.5. The number of rotatable bonds is 3. The smallest absolute Gasteiger partial charge is 0.319 e. The van der Waals surface area contributed by atoms with E-state index in [0.717, 1.165) is 0 Å². The number of halogens is 1. The number of ether oxygens (including phenoxy) is 1. The van der Waals surface area contributed by atoms with Crippen molar-refractivity contribution in [2.24, 2.45) is 5.92 Å². The van der Waals surface area contributed by atoms with Gasteiger partial charge in [0.2, 0.25) is 5.91 Å². The van der Waals surface area contributed by atoms with E-state index in [1.807, 2.05) is 0 Å². The summed E-state index contributed by atoms with van der Waals surface area (Å²) in [7, 11) is 1.22. The van der Waals surface area contributed by atoms with Gasteiger partial charge in [0.25, 0.3) is 0 Å². The monoisotopic (exact) mass is 336 g/mol. The van der Waals surface area contributed by atoms with Crippen molar-refractivity contribution < 1.29 is 14.3 Å². The van der Waals surface area contributed by atoms with Gasteiger partial charge in [-0.1, -0.05) is 23.7 Å². The molecule has 0 saturated heterocycles. The third-order valence-corrected chi connectivity index (χ3v) is 4.40. The van der Waals surface area contributed by atoms with Crippen LogP contribution in [0.1, 0.15) is 11.5 Å². The molecule has 0 aromatic heterocycles. The second-order valence-corrected chi connectivity index (χ2v) is 5.83. The predicted octanol–water partition coefficient (Wildman–Crippen LogP) is 2.44. The molecule has 0 aliphatic carbocycles. The molecular weight excluding hydrogens is 324 g/mol. The van der Waals surface area contributed by atoms with Crippen molar-refractivity contribution in [1.29, 1.82) is 5.26 Å². The Kier molecular flexibility index (Phi) is 5.11. The van der Waals surface area contributed by atoms with Crippen LogP contribution in [0.25, 0.3) is 0 Å². The van der Waals surface area contributed by atoms with Crippen molar-refractivity contribution in [2.75, 3.05) is 13.4 Å². The third-order valence-electron chi connectivity index (χ3n) is 3.42. The van der Waals surface area contributed by atoms with Gasteiger partial charge in [0, 0.05) is 10.9 Å². The van der Waals surface area contributed by atoms with Crippen LogP contribution < -0.4 is 5.32 Å². The molecule has 1 heterocycles. The molecule has 0 saturated carbocycles. The van der Waals surface area contributed by atoms with Crippen LogP contribution in [-0.2, 0) is 14.3 Å². The van der Waals surface area contributed by atoms with Crippen molar-refractivity contribution in [2.45, 2.75) is 5.92 Å². The second-order valence-electron chi connectivity index (χ2n) is 4.58. The van der Waals surface area contributed by atoms with Crippen LogP contribution in [-0.4, -0.2) is 25.2 Å². The van der Waals surface area contributed by atoms with E-state index < -0.39 is 23.7 Å². The Morgan fingerprint density at radius 2 is 2.05 bits per heavy atom. The van der Waals surface area contributed by atoms with Crippen molar-refractivity contribution in [3.63, 3.8) is 0 Å². The molecule has 0 fully saturated rings. The van der Waals surface area contributed by atoms with E-state index in [1.54, 1.807) is 30.5 Å².